The van der Waals surface area contributed by atoms with Crippen LogP contribution in [0.25, 0.3) is 0 Å². The van der Waals surface area contributed by atoms with E-state index in [-0.39, 0.29) is 16.9 Å². The van der Waals surface area contributed by atoms with Gasteiger partial charge in [0.2, 0.25) is 5.91 Å². The summed E-state index contributed by atoms with van der Waals surface area (Å²) in [7, 11) is 1.84. The number of aromatic nitrogens is 3. The molecule has 1 aromatic carbocycles. The maximum Gasteiger partial charge on any atom is 0.229 e. The van der Waals surface area contributed by atoms with Crippen molar-refractivity contribution in [1.82, 2.24) is 14.8 Å². The van der Waals surface area contributed by atoms with Crippen molar-refractivity contribution in [3.8, 4) is 0 Å². The van der Waals surface area contributed by atoms with E-state index in [1.54, 1.807) is 35.2 Å². The van der Waals surface area contributed by atoms with E-state index < -0.39 is 5.41 Å². The van der Waals surface area contributed by atoms with E-state index in [2.05, 4.69) is 15.5 Å². The second kappa shape index (κ2) is 7.17. The highest BCUT2D eigenvalue weighted by Crippen LogP contribution is 2.24. The van der Waals surface area contributed by atoms with Crippen molar-refractivity contribution in [3.05, 3.63) is 36.2 Å². The fourth-order valence-corrected chi connectivity index (χ4v) is 2.73. The predicted molar refractivity (Wildman–Crippen MR) is 95.2 cm³/mol. The normalized spacial score (nSPS) is 12.7. The number of nitrogens with zero attached hydrogens (tertiary/aromatic N) is 3. The lowest BCUT2D eigenvalue weighted by Gasteiger charge is -2.17. The Labute approximate surface area is 146 Å². The number of nitrogens with one attached hydrogen (secondary N) is 1. The average molecular weight is 346 g/mol. The number of hydrogen-bond acceptors (Lipinski definition) is 5. The fourth-order valence-electron chi connectivity index (χ4n) is 1.86. The lowest BCUT2D eigenvalue weighted by molar-refractivity contribution is -0.123. The van der Waals surface area contributed by atoms with Crippen LogP contribution in [0.3, 0.4) is 0 Å². The largest absolute Gasteiger partial charge is 0.326 e. The van der Waals surface area contributed by atoms with E-state index in [1.165, 1.54) is 11.8 Å². The first kappa shape index (κ1) is 18.2. The minimum Gasteiger partial charge on any atom is -0.326 e. The SMILES string of the molecule is C[C@H](Sc1nncn1C)C(=O)c1ccc(NC(=O)C(C)(C)C)cc1. The van der Waals surface area contributed by atoms with Crippen LogP contribution in [0.15, 0.2) is 35.7 Å². The highest BCUT2D eigenvalue weighted by Gasteiger charge is 2.22. The Morgan fingerprint density at radius 2 is 1.83 bits per heavy atom. The molecule has 0 aliphatic carbocycles. The lowest BCUT2D eigenvalue weighted by Crippen LogP contribution is -2.27. The molecule has 0 fully saturated rings. The van der Waals surface area contributed by atoms with Gasteiger partial charge in [-0.25, -0.2) is 0 Å². The Balaban J connectivity index is 2.03. The first-order chi connectivity index (χ1) is 11.2. The molecule has 7 heteroatoms. The minimum absolute atomic E-state index is 0.0108. The van der Waals surface area contributed by atoms with Crippen LogP contribution in [0.5, 0.6) is 0 Å². The number of thioether (sulfide) groups is 1. The monoisotopic (exact) mass is 346 g/mol. The van der Waals surface area contributed by atoms with Crippen molar-refractivity contribution in [3.63, 3.8) is 0 Å². The molecule has 1 N–H and O–H groups in total. The van der Waals surface area contributed by atoms with Crippen molar-refractivity contribution < 1.29 is 9.59 Å². The quantitative estimate of drug-likeness (QED) is 0.665. The maximum atomic E-state index is 12.5. The van der Waals surface area contributed by atoms with Crippen molar-refractivity contribution in [2.24, 2.45) is 12.5 Å². The zero-order chi connectivity index (χ0) is 17.9. The van der Waals surface area contributed by atoms with Gasteiger partial charge in [0.1, 0.15) is 6.33 Å². The number of benzene rings is 1. The van der Waals surface area contributed by atoms with Gasteiger partial charge in [-0.2, -0.15) is 0 Å². The van der Waals surface area contributed by atoms with E-state index in [1.807, 2.05) is 34.7 Å². The molecule has 128 valence electrons. The Kier molecular flexibility index (Phi) is 5.43. The third-order valence-corrected chi connectivity index (χ3v) is 4.58. The summed E-state index contributed by atoms with van der Waals surface area (Å²) in [6.07, 6.45) is 1.60. The van der Waals surface area contributed by atoms with E-state index in [0.29, 0.717) is 16.4 Å². The molecule has 2 rings (SSSR count). The second-order valence-electron chi connectivity index (χ2n) is 6.63. The zero-order valence-corrected chi connectivity index (χ0v) is 15.3. The minimum atomic E-state index is -0.463. The Bertz CT molecular complexity index is 732. The van der Waals surface area contributed by atoms with Gasteiger partial charge in [0.05, 0.1) is 5.25 Å². The maximum absolute atomic E-state index is 12.5. The fraction of sp³-hybridized carbons (Fsp3) is 0.412. The first-order valence-electron chi connectivity index (χ1n) is 7.65. The number of Topliss-reactive ketones (excluding diaryl/α,β-unsaturated/α-hetero) is 1. The lowest BCUT2D eigenvalue weighted by atomic mass is 9.95. The molecular formula is C17H22N4O2S. The van der Waals surface area contributed by atoms with Gasteiger partial charge in [0.25, 0.3) is 0 Å². The summed E-state index contributed by atoms with van der Waals surface area (Å²) in [6, 6.07) is 6.95. The number of rotatable bonds is 5. The summed E-state index contributed by atoms with van der Waals surface area (Å²) in [5.41, 5.74) is 0.821. The summed E-state index contributed by atoms with van der Waals surface area (Å²) in [5.74, 6) is -0.0514. The van der Waals surface area contributed by atoms with Crippen LogP contribution in [-0.4, -0.2) is 31.7 Å². The second-order valence-corrected chi connectivity index (χ2v) is 7.94. The van der Waals surface area contributed by atoms with Gasteiger partial charge < -0.3 is 9.88 Å². The summed E-state index contributed by atoms with van der Waals surface area (Å²) in [5, 5.41) is 11.1. The van der Waals surface area contributed by atoms with Gasteiger partial charge in [-0.3, -0.25) is 9.59 Å². The number of ketones is 1. The molecule has 2 aromatic rings. The summed E-state index contributed by atoms with van der Waals surface area (Å²) in [6.45, 7) is 7.40. The molecule has 1 heterocycles. The molecule has 0 radical (unpaired) electrons. The number of carbonyl (C=O) groups excluding carboxylic acids is 2. The topological polar surface area (TPSA) is 76.9 Å². The van der Waals surface area contributed by atoms with Gasteiger partial charge in [-0.1, -0.05) is 32.5 Å². The Hall–Kier alpha value is -2.15. The van der Waals surface area contributed by atoms with E-state index in [0.717, 1.165) is 0 Å². The number of carbonyl (C=O) groups is 2. The van der Waals surface area contributed by atoms with Crippen LogP contribution < -0.4 is 5.32 Å². The molecule has 0 aliphatic rings. The molecule has 0 spiro atoms. The molecule has 6 nitrogen and oxygen atoms in total. The van der Waals surface area contributed by atoms with Gasteiger partial charge in [0.15, 0.2) is 10.9 Å². The zero-order valence-electron chi connectivity index (χ0n) is 14.5. The molecule has 1 amide bonds. The molecule has 0 saturated heterocycles. The molecule has 24 heavy (non-hydrogen) atoms. The van der Waals surface area contributed by atoms with Gasteiger partial charge in [-0.05, 0) is 31.2 Å². The molecular weight excluding hydrogens is 324 g/mol. The number of amides is 1. The van der Waals surface area contributed by atoms with E-state index in [9.17, 15) is 9.59 Å². The third-order valence-electron chi connectivity index (χ3n) is 3.43. The number of aryl methyl sites for hydroxylation is 1. The third kappa shape index (κ3) is 4.44. The van der Waals surface area contributed by atoms with Crippen LogP contribution >= 0.6 is 11.8 Å². The molecule has 0 saturated carbocycles. The Morgan fingerprint density at radius 1 is 1.21 bits per heavy atom. The summed E-state index contributed by atoms with van der Waals surface area (Å²) >= 11 is 1.37. The summed E-state index contributed by atoms with van der Waals surface area (Å²) < 4.78 is 1.78. The molecule has 1 atom stereocenters. The van der Waals surface area contributed by atoms with Crippen LogP contribution in [0, 0.1) is 5.41 Å². The molecule has 0 aliphatic heterocycles. The first-order valence-corrected chi connectivity index (χ1v) is 8.53. The van der Waals surface area contributed by atoms with Crippen molar-refractivity contribution >= 4 is 29.1 Å². The molecule has 1 aromatic heterocycles. The van der Waals surface area contributed by atoms with Crippen molar-refractivity contribution in [2.45, 2.75) is 38.1 Å². The van der Waals surface area contributed by atoms with E-state index >= 15 is 0 Å². The summed E-state index contributed by atoms with van der Waals surface area (Å²) in [4.78, 5) is 24.5. The van der Waals surface area contributed by atoms with Crippen LogP contribution in [0.2, 0.25) is 0 Å². The van der Waals surface area contributed by atoms with Gasteiger partial charge in [-0.15, -0.1) is 10.2 Å². The van der Waals surface area contributed by atoms with Gasteiger partial charge in [0, 0.05) is 23.7 Å². The van der Waals surface area contributed by atoms with Crippen LogP contribution in [-0.2, 0) is 11.8 Å². The van der Waals surface area contributed by atoms with Crippen LogP contribution in [0.1, 0.15) is 38.1 Å². The Morgan fingerprint density at radius 3 is 2.33 bits per heavy atom. The smallest absolute Gasteiger partial charge is 0.229 e. The average Bonchev–Trinajstić information content (AvgIpc) is 2.91. The van der Waals surface area contributed by atoms with E-state index in [4.69, 9.17) is 0 Å². The predicted octanol–water partition coefficient (Wildman–Crippen LogP) is 3.16. The van der Waals surface area contributed by atoms with Gasteiger partial charge >= 0.3 is 0 Å². The van der Waals surface area contributed by atoms with Crippen LogP contribution in [0.4, 0.5) is 5.69 Å². The molecule has 0 unspecified atom stereocenters. The van der Waals surface area contributed by atoms with Crippen molar-refractivity contribution in [1.29, 1.82) is 0 Å². The highest BCUT2D eigenvalue weighted by atomic mass is 32.2. The number of anilines is 1. The standard InChI is InChI=1S/C17H22N4O2S/c1-11(24-16-20-18-10-21(16)5)14(22)12-6-8-13(9-7-12)19-15(23)17(2,3)4/h6-11H,1-5H3,(H,19,23)/t11-/m0/s1. The highest BCUT2D eigenvalue weighted by molar-refractivity contribution is 8.00. The van der Waals surface area contributed by atoms with Crippen molar-refractivity contribution in [2.75, 3.05) is 5.32 Å². The molecule has 0 bridgehead atoms. The number of hydrogen-bond donors (Lipinski definition) is 1.